The Morgan fingerprint density at radius 3 is 2.57 bits per heavy atom. The number of hydrazine groups is 1. The summed E-state index contributed by atoms with van der Waals surface area (Å²) in [5, 5.41) is 0. The molecular weight excluding hydrogens is 266 g/mol. The summed E-state index contributed by atoms with van der Waals surface area (Å²) in [4.78, 5) is 13.6. The largest absolute Gasteiger partial charge is 0.456 e. The average Bonchev–Trinajstić information content (AvgIpc) is 2.82. The summed E-state index contributed by atoms with van der Waals surface area (Å²) in [6, 6.07) is 10.1. The fourth-order valence-electron chi connectivity index (χ4n) is 2.28. The zero-order valence-corrected chi connectivity index (χ0v) is 12.6. The lowest BCUT2D eigenvalue weighted by Crippen LogP contribution is -2.29. The van der Waals surface area contributed by atoms with Gasteiger partial charge >= 0.3 is 5.91 Å². The zero-order valence-electron chi connectivity index (χ0n) is 12.6. The second kappa shape index (κ2) is 6.56. The molecule has 0 radical (unpaired) electrons. The predicted octanol–water partition coefficient (Wildman–Crippen LogP) is 2.13. The van der Waals surface area contributed by atoms with E-state index in [1.807, 2.05) is 26.1 Å². The minimum atomic E-state index is -0.411. The smallest absolute Gasteiger partial charge is 0.300 e. The van der Waals surface area contributed by atoms with Crippen LogP contribution in [0.2, 0.25) is 0 Å². The molecule has 3 N–H and O–H groups in total. The van der Waals surface area contributed by atoms with Crippen molar-refractivity contribution in [1.29, 1.82) is 0 Å². The number of rotatable bonds is 5. The highest BCUT2D eigenvalue weighted by Gasteiger charge is 2.14. The van der Waals surface area contributed by atoms with Crippen LogP contribution in [0.1, 0.15) is 33.0 Å². The van der Waals surface area contributed by atoms with E-state index in [2.05, 4.69) is 29.4 Å². The number of carbonyl (C=O) groups excluding carboxylic acids is 1. The number of nitrogens with two attached hydrogens (primary N) is 1. The summed E-state index contributed by atoms with van der Waals surface area (Å²) in [6.07, 6.45) is 0. The maximum absolute atomic E-state index is 11.5. The van der Waals surface area contributed by atoms with Crippen LogP contribution < -0.4 is 11.3 Å². The Bertz CT molecular complexity index is 634. The molecule has 0 bridgehead atoms. The van der Waals surface area contributed by atoms with Gasteiger partial charge in [0.15, 0.2) is 5.76 Å². The first-order valence-electron chi connectivity index (χ1n) is 6.84. The zero-order chi connectivity index (χ0) is 15.4. The first kappa shape index (κ1) is 15.3. The third-order valence-corrected chi connectivity index (χ3v) is 3.52. The van der Waals surface area contributed by atoms with Gasteiger partial charge in [-0.15, -0.1) is 0 Å². The number of hydrogen-bond donors (Lipinski definition) is 2. The highest BCUT2D eigenvalue weighted by molar-refractivity contribution is 5.91. The van der Waals surface area contributed by atoms with Gasteiger partial charge in [0.25, 0.3) is 0 Å². The molecule has 1 aromatic heterocycles. The first-order valence-corrected chi connectivity index (χ1v) is 6.84. The molecule has 1 aromatic carbocycles. The molecule has 1 amide bonds. The third-order valence-electron chi connectivity index (χ3n) is 3.52. The van der Waals surface area contributed by atoms with Crippen molar-refractivity contribution in [2.45, 2.75) is 26.9 Å². The summed E-state index contributed by atoms with van der Waals surface area (Å²) in [5.74, 6) is 5.69. The quantitative estimate of drug-likeness (QED) is 0.502. The van der Waals surface area contributed by atoms with Crippen LogP contribution in [0.4, 0.5) is 0 Å². The number of nitrogens with one attached hydrogen (secondary N) is 1. The van der Waals surface area contributed by atoms with E-state index in [9.17, 15) is 4.79 Å². The topological polar surface area (TPSA) is 71.5 Å². The number of amides is 1. The molecule has 21 heavy (non-hydrogen) atoms. The van der Waals surface area contributed by atoms with Crippen molar-refractivity contribution in [3.8, 4) is 0 Å². The van der Waals surface area contributed by atoms with Crippen molar-refractivity contribution in [1.82, 2.24) is 10.3 Å². The Morgan fingerprint density at radius 1 is 1.24 bits per heavy atom. The Hall–Kier alpha value is -2.11. The molecule has 0 saturated carbocycles. The molecule has 1 heterocycles. The summed E-state index contributed by atoms with van der Waals surface area (Å²) < 4.78 is 5.42. The number of furan rings is 1. The van der Waals surface area contributed by atoms with Gasteiger partial charge in [-0.3, -0.25) is 15.1 Å². The third kappa shape index (κ3) is 3.71. The van der Waals surface area contributed by atoms with E-state index in [1.165, 1.54) is 11.1 Å². The number of nitrogens with zero attached hydrogens (tertiary/aromatic N) is 1. The van der Waals surface area contributed by atoms with Gasteiger partial charge in [-0.05, 0) is 38.1 Å². The van der Waals surface area contributed by atoms with Crippen molar-refractivity contribution in [2.75, 3.05) is 7.05 Å². The van der Waals surface area contributed by atoms with E-state index in [4.69, 9.17) is 10.3 Å². The number of carbonyl (C=O) groups is 1. The molecule has 0 aliphatic rings. The number of nitrogen functional groups attached to an aromatic ring is 1. The van der Waals surface area contributed by atoms with Crippen LogP contribution in [0.25, 0.3) is 0 Å². The van der Waals surface area contributed by atoms with Crippen molar-refractivity contribution in [3.63, 3.8) is 0 Å². The highest BCUT2D eigenvalue weighted by atomic mass is 16.4. The lowest BCUT2D eigenvalue weighted by Gasteiger charge is -2.17. The van der Waals surface area contributed by atoms with Crippen molar-refractivity contribution < 1.29 is 9.21 Å². The molecule has 0 atom stereocenters. The molecule has 5 heteroatoms. The van der Waals surface area contributed by atoms with Crippen molar-refractivity contribution in [2.24, 2.45) is 5.84 Å². The normalized spacial score (nSPS) is 10.9. The van der Waals surface area contributed by atoms with Gasteiger partial charge in [0.05, 0.1) is 0 Å². The second-order valence-corrected chi connectivity index (χ2v) is 5.26. The summed E-state index contributed by atoms with van der Waals surface area (Å²) in [6.45, 7) is 5.51. The monoisotopic (exact) mass is 287 g/mol. The van der Waals surface area contributed by atoms with E-state index in [-0.39, 0.29) is 5.76 Å². The van der Waals surface area contributed by atoms with Crippen LogP contribution in [0, 0.1) is 13.8 Å². The Kier molecular flexibility index (Phi) is 4.77. The van der Waals surface area contributed by atoms with E-state index in [0.29, 0.717) is 6.54 Å². The van der Waals surface area contributed by atoms with Gasteiger partial charge in [0.1, 0.15) is 5.76 Å². The van der Waals surface area contributed by atoms with Crippen LogP contribution >= 0.6 is 0 Å². The van der Waals surface area contributed by atoms with Gasteiger partial charge in [0, 0.05) is 18.7 Å². The maximum atomic E-state index is 11.5. The van der Waals surface area contributed by atoms with Gasteiger partial charge in [-0.25, -0.2) is 5.84 Å². The summed E-state index contributed by atoms with van der Waals surface area (Å²) >= 11 is 0. The number of aryl methyl sites for hydroxylation is 2. The average molecular weight is 287 g/mol. The molecule has 0 spiro atoms. The van der Waals surface area contributed by atoms with Crippen molar-refractivity contribution in [3.05, 3.63) is 58.5 Å². The second-order valence-electron chi connectivity index (χ2n) is 5.26. The van der Waals surface area contributed by atoms with Gasteiger partial charge in [-0.2, -0.15) is 0 Å². The van der Waals surface area contributed by atoms with Crippen LogP contribution in [0.3, 0.4) is 0 Å². The summed E-state index contributed by atoms with van der Waals surface area (Å²) in [7, 11) is 2.04. The predicted molar refractivity (Wildman–Crippen MR) is 81.4 cm³/mol. The molecule has 0 unspecified atom stereocenters. The van der Waals surface area contributed by atoms with Crippen LogP contribution in [0.15, 0.2) is 34.7 Å². The molecule has 0 aliphatic heterocycles. The molecule has 2 rings (SSSR count). The Labute approximate surface area is 124 Å². The molecule has 0 fully saturated rings. The fourth-order valence-corrected chi connectivity index (χ4v) is 2.28. The van der Waals surface area contributed by atoms with E-state index >= 15 is 0 Å². The number of benzene rings is 1. The lowest BCUT2D eigenvalue weighted by atomic mass is 10.1. The molecule has 2 aromatic rings. The van der Waals surface area contributed by atoms with E-state index in [1.54, 1.807) is 6.07 Å². The highest BCUT2D eigenvalue weighted by Crippen LogP contribution is 2.18. The van der Waals surface area contributed by atoms with Gasteiger partial charge in [-0.1, -0.05) is 24.3 Å². The maximum Gasteiger partial charge on any atom is 0.300 e. The SMILES string of the molecule is Cc1ccccc1CN(C)Cc1cc(C(=O)NN)oc1C. The Balaban J connectivity index is 2.06. The molecular formula is C16H21N3O2. The standard InChI is InChI=1S/C16H21N3O2/c1-11-6-4-5-7-13(11)9-19(3)10-14-8-15(16(20)18-17)21-12(14)2/h4-8H,9-10,17H2,1-3H3,(H,18,20). The molecule has 0 saturated heterocycles. The fraction of sp³-hybridized carbons (Fsp3) is 0.312. The van der Waals surface area contributed by atoms with Crippen LogP contribution in [0.5, 0.6) is 0 Å². The van der Waals surface area contributed by atoms with Crippen LogP contribution in [-0.2, 0) is 13.1 Å². The first-order chi connectivity index (χ1) is 10.0. The van der Waals surface area contributed by atoms with Crippen LogP contribution in [-0.4, -0.2) is 17.9 Å². The molecule has 5 nitrogen and oxygen atoms in total. The minimum absolute atomic E-state index is 0.245. The van der Waals surface area contributed by atoms with Gasteiger partial charge in [0.2, 0.25) is 0 Å². The van der Waals surface area contributed by atoms with E-state index in [0.717, 1.165) is 17.9 Å². The lowest BCUT2D eigenvalue weighted by molar-refractivity contribution is 0.0924. The Morgan fingerprint density at radius 2 is 1.90 bits per heavy atom. The van der Waals surface area contributed by atoms with Gasteiger partial charge < -0.3 is 4.42 Å². The van der Waals surface area contributed by atoms with E-state index < -0.39 is 5.91 Å². The minimum Gasteiger partial charge on any atom is -0.456 e. The van der Waals surface area contributed by atoms with Crippen molar-refractivity contribution >= 4 is 5.91 Å². The molecule has 112 valence electrons. The summed E-state index contributed by atoms with van der Waals surface area (Å²) in [5.41, 5.74) is 5.63. The molecule has 0 aliphatic carbocycles. The number of hydrogen-bond acceptors (Lipinski definition) is 4.